The summed E-state index contributed by atoms with van der Waals surface area (Å²) >= 11 is 0. The number of ether oxygens (including phenoxy) is 2. The Balaban J connectivity index is 1.81. The fourth-order valence-electron chi connectivity index (χ4n) is 4.07. The first-order valence-electron chi connectivity index (χ1n) is 11.1. The molecular weight excluding hydrogens is 501 g/mol. The molecule has 1 N–H and O–H groups in total. The predicted molar refractivity (Wildman–Crippen MR) is 126 cm³/mol. The van der Waals surface area contributed by atoms with Gasteiger partial charge in [0.15, 0.2) is 11.6 Å². The lowest BCUT2D eigenvalue weighted by Gasteiger charge is -2.32. The number of benzene rings is 1. The minimum atomic E-state index is -3.98. The van der Waals surface area contributed by atoms with Crippen molar-refractivity contribution in [2.45, 2.75) is 26.4 Å². The summed E-state index contributed by atoms with van der Waals surface area (Å²) in [6.07, 6.45) is 0.691. The molecule has 4 rings (SSSR count). The van der Waals surface area contributed by atoms with Crippen LogP contribution in [-0.4, -0.2) is 67.5 Å². The number of aryl methyl sites for hydroxylation is 1. The van der Waals surface area contributed by atoms with Crippen LogP contribution in [-0.2, 0) is 25.9 Å². The number of nitrogens with one attached hydrogen (secondary N) is 1. The van der Waals surface area contributed by atoms with Crippen LogP contribution in [0.5, 0.6) is 0 Å². The molecule has 0 radical (unpaired) electrons. The Hall–Kier alpha value is -3.32. The molecule has 1 aliphatic heterocycles. The van der Waals surface area contributed by atoms with Gasteiger partial charge in [0.2, 0.25) is 10.0 Å². The van der Waals surface area contributed by atoms with Gasteiger partial charge in [0, 0.05) is 25.2 Å². The molecule has 13 heteroatoms. The first-order valence-corrected chi connectivity index (χ1v) is 12.8. The molecule has 9 nitrogen and oxygen atoms in total. The van der Waals surface area contributed by atoms with Crippen LogP contribution in [0.25, 0.3) is 16.9 Å². The fourth-order valence-corrected chi connectivity index (χ4v) is 4.70. The van der Waals surface area contributed by atoms with Gasteiger partial charge in [-0.1, -0.05) is 0 Å². The SMILES string of the molecule is CCS(=O)(=O)Nc1cc(F)c(-c2nc3cc(C)ccn3c2C[C@H]2CN(C(=O)OC)CCO2)c(F)c1F. The van der Waals surface area contributed by atoms with Gasteiger partial charge in [-0.2, -0.15) is 0 Å². The van der Waals surface area contributed by atoms with Crippen molar-refractivity contribution in [3.63, 3.8) is 0 Å². The molecule has 1 aliphatic rings. The second-order valence-electron chi connectivity index (χ2n) is 8.37. The number of halogens is 3. The molecule has 3 heterocycles. The van der Waals surface area contributed by atoms with Crippen LogP contribution < -0.4 is 4.72 Å². The smallest absolute Gasteiger partial charge is 0.409 e. The summed E-state index contributed by atoms with van der Waals surface area (Å²) in [7, 11) is -2.71. The molecule has 0 unspecified atom stereocenters. The van der Waals surface area contributed by atoms with Gasteiger partial charge < -0.3 is 18.8 Å². The molecule has 1 fully saturated rings. The largest absolute Gasteiger partial charge is 0.453 e. The number of carbonyl (C=O) groups is 1. The number of rotatable bonds is 6. The summed E-state index contributed by atoms with van der Waals surface area (Å²) in [5, 5.41) is 0. The standard InChI is InChI=1S/C23H25F3N4O5S/c1-4-36(32,33)28-16-11-15(24)19(21(26)20(16)25)22-17(30-6-5-13(2)9-18(30)27-22)10-14-12-29(7-8-35-14)23(31)34-3/h5-6,9,11,14,28H,4,7-8,10,12H2,1-3H3/t14-/m0/s1. The number of carbonyl (C=O) groups excluding carboxylic acids is 1. The van der Waals surface area contributed by atoms with Crippen LogP contribution in [0.3, 0.4) is 0 Å². The Labute approximate surface area is 205 Å². The lowest BCUT2D eigenvalue weighted by atomic mass is 10.0. The topological polar surface area (TPSA) is 102 Å². The Kier molecular flexibility index (Phi) is 7.14. The second kappa shape index (κ2) is 9.97. The van der Waals surface area contributed by atoms with E-state index < -0.39 is 56.7 Å². The second-order valence-corrected chi connectivity index (χ2v) is 10.4. The lowest BCUT2D eigenvalue weighted by Crippen LogP contribution is -2.46. The monoisotopic (exact) mass is 526 g/mol. The normalized spacial score (nSPS) is 16.4. The molecule has 1 amide bonds. The summed E-state index contributed by atoms with van der Waals surface area (Å²) in [5.41, 5.74) is -0.174. The molecule has 0 bridgehead atoms. The van der Waals surface area contributed by atoms with E-state index in [-0.39, 0.29) is 25.3 Å². The predicted octanol–water partition coefficient (Wildman–Crippen LogP) is 3.50. The van der Waals surface area contributed by atoms with Gasteiger partial charge in [0.25, 0.3) is 0 Å². The molecular formula is C23H25F3N4O5S. The van der Waals surface area contributed by atoms with Crippen molar-refractivity contribution in [3.8, 4) is 11.3 Å². The minimum Gasteiger partial charge on any atom is -0.453 e. The molecule has 36 heavy (non-hydrogen) atoms. The highest BCUT2D eigenvalue weighted by molar-refractivity contribution is 7.92. The van der Waals surface area contributed by atoms with Crippen molar-refractivity contribution in [2.24, 2.45) is 0 Å². The Morgan fingerprint density at radius 1 is 1.28 bits per heavy atom. The molecule has 0 saturated carbocycles. The van der Waals surface area contributed by atoms with Gasteiger partial charge in [-0.15, -0.1) is 0 Å². The number of anilines is 1. The Morgan fingerprint density at radius 3 is 2.72 bits per heavy atom. The third-order valence-electron chi connectivity index (χ3n) is 5.91. The van der Waals surface area contributed by atoms with Crippen molar-refractivity contribution in [1.82, 2.24) is 14.3 Å². The van der Waals surface area contributed by atoms with E-state index in [2.05, 4.69) is 4.98 Å². The first-order chi connectivity index (χ1) is 17.0. The quantitative estimate of drug-likeness (QED) is 0.494. The van der Waals surface area contributed by atoms with Gasteiger partial charge in [0.1, 0.15) is 11.5 Å². The average Bonchev–Trinajstić information content (AvgIpc) is 3.18. The summed E-state index contributed by atoms with van der Waals surface area (Å²) < 4.78 is 83.1. The van der Waals surface area contributed by atoms with E-state index in [1.165, 1.54) is 18.9 Å². The van der Waals surface area contributed by atoms with Gasteiger partial charge >= 0.3 is 6.09 Å². The number of hydrogen-bond donors (Lipinski definition) is 1. The van der Waals surface area contributed by atoms with Crippen LogP contribution in [0.15, 0.2) is 24.4 Å². The maximum absolute atomic E-state index is 15.3. The Bertz CT molecular complexity index is 1430. The molecule has 3 aromatic rings. The van der Waals surface area contributed by atoms with Crippen LogP contribution >= 0.6 is 0 Å². The third kappa shape index (κ3) is 4.98. The van der Waals surface area contributed by atoms with E-state index in [1.807, 2.05) is 11.6 Å². The van der Waals surface area contributed by atoms with Crippen LogP contribution in [0.1, 0.15) is 18.2 Å². The van der Waals surface area contributed by atoms with E-state index in [4.69, 9.17) is 9.47 Å². The number of morpholine rings is 1. The van der Waals surface area contributed by atoms with E-state index in [0.717, 1.165) is 5.56 Å². The van der Waals surface area contributed by atoms with Gasteiger partial charge in [-0.25, -0.2) is 31.4 Å². The molecule has 2 aromatic heterocycles. The minimum absolute atomic E-state index is 0.0950. The summed E-state index contributed by atoms with van der Waals surface area (Å²) in [4.78, 5) is 17.8. The fraction of sp³-hybridized carbons (Fsp3) is 0.391. The number of sulfonamides is 1. The van der Waals surface area contributed by atoms with E-state index in [0.29, 0.717) is 24.0 Å². The number of amides is 1. The van der Waals surface area contributed by atoms with Gasteiger partial charge in [-0.05, 0) is 31.5 Å². The lowest BCUT2D eigenvalue weighted by molar-refractivity contribution is -0.0241. The van der Waals surface area contributed by atoms with Crippen molar-refractivity contribution in [2.75, 3.05) is 37.3 Å². The third-order valence-corrected chi connectivity index (χ3v) is 7.21. The van der Waals surface area contributed by atoms with Crippen molar-refractivity contribution >= 4 is 27.5 Å². The zero-order chi connectivity index (χ0) is 26.2. The number of pyridine rings is 1. The van der Waals surface area contributed by atoms with E-state index in [1.54, 1.807) is 22.7 Å². The van der Waals surface area contributed by atoms with Gasteiger partial charge in [0.05, 0.1) is 54.8 Å². The zero-order valence-corrected chi connectivity index (χ0v) is 20.7. The Morgan fingerprint density at radius 2 is 2.03 bits per heavy atom. The summed E-state index contributed by atoms with van der Waals surface area (Å²) in [6.45, 7) is 3.85. The number of aromatic nitrogens is 2. The molecule has 1 atom stereocenters. The first kappa shape index (κ1) is 25.8. The molecule has 194 valence electrons. The number of methoxy groups -OCH3 is 1. The number of nitrogens with zero attached hydrogens (tertiary/aromatic N) is 3. The molecule has 0 aliphatic carbocycles. The number of imidazole rings is 1. The van der Waals surface area contributed by atoms with Crippen LogP contribution in [0, 0.1) is 24.4 Å². The molecule has 1 aromatic carbocycles. The number of fused-ring (bicyclic) bond motifs is 1. The van der Waals surface area contributed by atoms with E-state index in [9.17, 15) is 17.6 Å². The van der Waals surface area contributed by atoms with Crippen molar-refractivity contribution < 1.29 is 35.9 Å². The summed E-state index contributed by atoms with van der Waals surface area (Å²) in [6, 6.07) is 4.07. The average molecular weight is 527 g/mol. The zero-order valence-electron chi connectivity index (χ0n) is 19.8. The van der Waals surface area contributed by atoms with Crippen molar-refractivity contribution in [1.29, 1.82) is 0 Å². The highest BCUT2D eigenvalue weighted by Crippen LogP contribution is 2.35. The summed E-state index contributed by atoms with van der Waals surface area (Å²) in [5.74, 6) is -4.72. The molecule has 0 spiro atoms. The van der Waals surface area contributed by atoms with Crippen LogP contribution in [0.4, 0.5) is 23.7 Å². The van der Waals surface area contributed by atoms with Gasteiger partial charge in [-0.3, -0.25) is 4.72 Å². The van der Waals surface area contributed by atoms with Crippen LogP contribution in [0.2, 0.25) is 0 Å². The number of hydrogen-bond acceptors (Lipinski definition) is 6. The highest BCUT2D eigenvalue weighted by Gasteiger charge is 2.30. The maximum Gasteiger partial charge on any atom is 0.409 e. The van der Waals surface area contributed by atoms with Crippen molar-refractivity contribution in [3.05, 3.63) is 53.1 Å². The van der Waals surface area contributed by atoms with E-state index >= 15 is 8.78 Å². The maximum atomic E-state index is 15.3. The highest BCUT2D eigenvalue weighted by atomic mass is 32.2. The molecule has 1 saturated heterocycles.